The first-order valence-electron chi connectivity index (χ1n) is 10.6. The van der Waals surface area contributed by atoms with Gasteiger partial charge in [-0.2, -0.15) is 0 Å². The summed E-state index contributed by atoms with van der Waals surface area (Å²) in [5.41, 5.74) is 1.55. The molecule has 0 atom stereocenters. The van der Waals surface area contributed by atoms with Gasteiger partial charge in [0.25, 0.3) is 5.91 Å². The first kappa shape index (κ1) is 24.8. The molecule has 34 heavy (non-hydrogen) atoms. The van der Waals surface area contributed by atoms with Gasteiger partial charge in [-0.3, -0.25) is 14.4 Å². The van der Waals surface area contributed by atoms with Crippen LogP contribution in [-0.4, -0.2) is 49.3 Å². The number of rotatable bonds is 10. The summed E-state index contributed by atoms with van der Waals surface area (Å²) in [4.78, 5) is 38.9. The van der Waals surface area contributed by atoms with E-state index in [0.29, 0.717) is 39.9 Å². The normalized spacial score (nSPS) is 10.3. The highest BCUT2D eigenvalue weighted by molar-refractivity contribution is 6.30. The molecular weight excluding hydrogens is 456 g/mol. The van der Waals surface area contributed by atoms with E-state index >= 15 is 0 Å². The molecule has 1 N–H and O–H groups in total. The first-order valence-corrected chi connectivity index (χ1v) is 11.0. The summed E-state index contributed by atoms with van der Waals surface area (Å²) in [5.74, 6) is 0.156. The van der Waals surface area contributed by atoms with Crippen molar-refractivity contribution >= 4 is 34.9 Å². The van der Waals surface area contributed by atoms with Crippen LogP contribution in [-0.2, 0) is 9.59 Å². The number of ketones is 1. The van der Waals surface area contributed by atoms with Gasteiger partial charge >= 0.3 is 0 Å². The summed E-state index contributed by atoms with van der Waals surface area (Å²) < 4.78 is 10.8. The monoisotopic (exact) mass is 480 g/mol. The van der Waals surface area contributed by atoms with E-state index in [4.69, 9.17) is 21.1 Å². The van der Waals surface area contributed by atoms with Gasteiger partial charge < -0.3 is 19.7 Å². The smallest absolute Gasteiger partial charge is 0.260 e. The van der Waals surface area contributed by atoms with Gasteiger partial charge in [0, 0.05) is 22.7 Å². The number of hydrogen-bond acceptors (Lipinski definition) is 5. The van der Waals surface area contributed by atoms with Gasteiger partial charge in [-0.25, -0.2) is 0 Å². The highest BCUT2D eigenvalue weighted by Crippen LogP contribution is 2.23. The van der Waals surface area contributed by atoms with Gasteiger partial charge in [-0.15, -0.1) is 0 Å². The van der Waals surface area contributed by atoms with Gasteiger partial charge in [0.1, 0.15) is 11.5 Å². The van der Waals surface area contributed by atoms with E-state index in [-0.39, 0.29) is 30.7 Å². The van der Waals surface area contributed by atoms with E-state index in [1.807, 2.05) is 0 Å². The fourth-order valence-electron chi connectivity index (χ4n) is 3.19. The topological polar surface area (TPSA) is 84.9 Å². The lowest BCUT2D eigenvalue weighted by Crippen LogP contribution is -2.40. The van der Waals surface area contributed by atoms with Crippen LogP contribution in [0.2, 0.25) is 5.02 Å². The molecule has 3 rings (SSSR count). The lowest BCUT2D eigenvalue weighted by atomic mass is 10.0. The Kier molecular flexibility index (Phi) is 8.65. The minimum Gasteiger partial charge on any atom is -0.495 e. The van der Waals surface area contributed by atoms with Crippen LogP contribution < -0.4 is 14.8 Å². The maximum Gasteiger partial charge on any atom is 0.260 e. The van der Waals surface area contributed by atoms with Crippen molar-refractivity contribution in [3.8, 4) is 11.5 Å². The van der Waals surface area contributed by atoms with Crippen LogP contribution in [0.1, 0.15) is 22.8 Å². The average molecular weight is 481 g/mol. The SMILES string of the molecule is CCN(CC(=O)Nc1ccccc1OC)C(=O)COc1ccc(C(=O)c2ccc(Cl)cc2)cc1. The molecule has 0 fully saturated rings. The molecule has 176 valence electrons. The van der Waals surface area contributed by atoms with Crippen molar-refractivity contribution in [2.24, 2.45) is 0 Å². The van der Waals surface area contributed by atoms with E-state index in [1.165, 1.54) is 12.0 Å². The minimum absolute atomic E-state index is 0.120. The Hall–Kier alpha value is -3.84. The number of hydrogen-bond donors (Lipinski definition) is 1. The zero-order chi connectivity index (χ0) is 24.5. The van der Waals surface area contributed by atoms with E-state index in [0.717, 1.165) is 0 Å². The molecular formula is C26H25ClN2O5. The lowest BCUT2D eigenvalue weighted by Gasteiger charge is -2.21. The zero-order valence-electron chi connectivity index (χ0n) is 18.9. The maximum absolute atomic E-state index is 12.6. The number of nitrogens with zero attached hydrogens (tertiary/aromatic N) is 1. The van der Waals surface area contributed by atoms with Crippen LogP contribution >= 0.6 is 11.6 Å². The summed E-state index contributed by atoms with van der Waals surface area (Å²) in [5, 5.41) is 3.31. The van der Waals surface area contributed by atoms with Crippen molar-refractivity contribution in [3.63, 3.8) is 0 Å². The number of likely N-dealkylation sites (N-methyl/N-ethyl adjacent to an activating group) is 1. The van der Waals surface area contributed by atoms with Crippen LogP contribution in [0.4, 0.5) is 5.69 Å². The molecule has 8 heteroatoms. The predicted octanol–water partition coefficient (Wildman–Crippen LogP) is 4.45. The molecule has 0 spiro atoms. The third kappa shape index (κ3) is 6.59. The molecule has 0 saturated heterocycles. The Morgan fingerprint density at radius 1 is 0.912 bits per heavy atom. The summed E-state index contributed by atoms with van der Waals surface area (Å²) in [6.45, 7) is 1.77. The fraction of sp³-hybridized carbons (Fsp3) is 0.192. The van der Waals surface area contributed by atoms with Crippen LogP contribution in [0.3, 0.4) is 0 Å². The van der Waals surface area contributed by atoms with Crippen molar-refractivity contribution < 1.29 is 23.9 Å². The predicted molar refractivity (Wildman–Crippen MR) is 131 cm³/mol. The molecule has 0 unspecified atom stereocenters. The van der Waals surface area contributed by atoms with E-state index in [2.05, 4.69) is 5.32 Å². The molecule has 0 radical (unpaired) electrons. The van der Waals surface area contributed by atoms with Crippen molar-refractivity contribution in [2.45, 2.75) is 6.92 Å². The summed E-state index contributed by atoms with van der Waals surface area (Å²) in [7, 11) is 1.52. The summed E-state index contributed by atoms with van der Waals surface area (Å²) in [6, 6.07) is 20.2. The largest absolute Gasteiger partial charge is 0.495 e. The molecule has 0 heterocycles. The Morgan fingerprint density at radius 3 is 2.15 bits per heavy atom. The van der Waals surface area contributed by atoms with Gasteiger partial charge in [0.2, 0.25) is 5.91 Å². The van der Waals surface area contributed by atoms with E-state index < -0.39 is 0 Å². The lowest BCUT2D eigenvalue weighted by molar-refractivity contribution is -0.136. The Morgan fingerprint density at radius 2 is 1.53 bits per heavy atom. The second-order valence-electron chi connectivity index (χ2n) is 7.31. The molecule has 3 aromatic rings. The number of methoxy groups -OCH3 is 1. The van der Waals surface area contributed by atoms with Crippen LogP contribution in [0, 0.1) is 0 Å². The molecule has 0 aliphatic rings. The summed E-state index contributed by atoms with van der Waals surface area (Å²) >= 11 is 5.87. The van der Waals surface area contributed by atoms with Crippen LogP contribution in [0.5, 0.6) is 11.5 Å². The van der Waals surface area contributed by atoms with Crippen molar-refractivity contribution in [2.75, 3.05) is 32.1 Å². The number of carbonyl (C=O) groups excluding carboxylic acids is 3. The van der Waals surface area contributed by atoms with Crippen molar-refractivity contribution in [1.29, 1.82) is 0 Å². The van der Waals surface area contributed by atoms with Gasteiger partial charge in [0.15, 0.2) is 12.4 Å². The fourth-order valence-corrected chi connectivity index (χ4v) is 3.32. The molecule has 2 amide bonds. The molecule has 0 aliphatic heterocycles. The van der Waals surface area contributed by atoms with Gasteiger partial charge in [0.05, 0.1) is 19.3 Å². The molecule has 0 aliphatic carbocycles. The maximum atomic E-state index is 12.6. The van der Waals surface area contributed by atoms with Crippen molar-refractivity contribution in [1.82, 2.24) is 4.90 Å². The number of ether oxygens (including phenoxy) is 2. The molecule has 0 bridgehead atoms. The molecule has 7 nitrogen and oxygen atoms in total. The van der Waals surface area contributed by atoms with E-state index in [1.54, 1.807) is 79.7 Å². The Bertz CT molecular complexity index is 1150. The quantitative estimate of drug-likeness (QED) is 0.433. The second kappa shape index (κ2) is 11.9. The second-order valence-corrected chi connectivity index (χ2v) is 7.74. The number of nitrogens with one attached hydrogen (secondary N) is 1. The number of carbonyl (C=O) groups is 3. The van der Waals surface area contributed by atoms with Crippen LogP contribution in [0.15, 0.2) is 72.8 Å². The number of benzene rings is 3. The highest BCUT2D eigenvalue weighted by Gasteiger charge is 2.17. The number of amides is 2. The molecule has 0 saturated carbocycles. The average Bonchev–Trinajstić information content (AvgIpc) is 2.86. The zero-order valence-corrected chi connectivity index (χ0v) is 19.7. The minimum atomic E-state index is -0.343. The third-order valence-electron chi connectivity index (χ3n) is 5.04. The van der Waals surface area contributed by atoms with E-state index in [9.17, 15) is 14.4 Å². The van der Waals surface area contributed by atoms with Crippen molar-refractivity contribution in [3.05, 3.63) is 88.9 Å². The standard InChI is InChI=1S/C26H25ClN2O5/c1-3-29(16-24(30)28-22-6-4-5-7-23(22)33-2)25(31)17-34-21-14-10-19(11-15-21)26(32)18-8-12-20(27)13-9-18/h4-15H,3,16-17H2,1-2H3,(H,28,30). The van der Waals surface area contributed by atoms with Gasteiger partial charge in [-0.1, -0.05) is 23.7 Å². The summed E-state index contributed by atoms with van der Waals surface area (Å²) in [6.07, 6.45) is 0. The van der Waals surface area contributed by atoms with Gasteiger partial charge in [-0.05, 0) is 67.6 Å². The molecule has 3 aromatic carbocycles. The number of halogens is 1. The number of para-hydroxylation sites is 2. The first-order chi connectivity index (χ1) is 16.4. The highest BCUT2D eigenvalue weighted by atomic mass is 35.5. The Labute approximate surface area is 203 Å². The molecule has 0 aromatic heterocycles. The number of anilines is 1. The third-order valence-corrected chi connectivity index (χ3v) is 5.29. The Balaban J connectivity index is 1.53. The van der Waals surface area contributed by atoms with Crippen LogP contribution in [0.25, 0.3) is 0 Å².